The van der Waals surface area contributed by atoms with E-state index >= 15 is 0 Å². The van der Waals surface area contributed by atoms with Crippen LogP contribution in [0.25, 0.3) is 0 Å². The highest BCUT2D eigenvalue weighted by molar-refractivity contribution is 4.87. The summed E-state index contributed by atoms with van der Waals surface area (Å²) in [5.41, 5.74) is 0. The first-order valence-electron chi connectivity index (χ1n) is 9.05. The molecule has 1 saturated heterocycles. The molecule has 128 valence electrons. The van der Waals surface area contributed by atoms with Crippen molar-refractivity contribution in [1.82, 2.24) is 9.91 Å². The second-order valence-electron chi connectivity index (χ2n) is 7.45. The molecule has 1 heterocycles. The number of hydrazine groups is 1. The Balaban J connectivity index is 1.36. The predicted octanol–water partition coefficient (Wildman–Crippen LogP) is 1.76. The van der Waals surface area contributed by atoms with Crippen molar-refractivity contribution in [2.24, 2.45) is 5.84 Å². The topological polar surface area (TPSA) is 51.0 Å². The third-order valence-corrected chi connectivity index (χ3v) is 6.06. The molecule has 0 spiro atoms. The molecule has 5 nitrogen and oxygen atoms in total. The van der Waals surface area contributed by atoms with E-state index in [0.29, 0.717) is 18.3 Å². The van der Waals surface area contributed by atoms with Gasteiger partial charge < -0.3 is 14.4 Å². The maximum Gasteiger partial charge on any atom is 0.0628 e. The third-order valence-electron chi connectivity index (χ3n) is 6.06. The summed E-state index contributed by atoms with van der Waals surface area (Å²) in [6, 6.07) is 1.46. The quantitative estimate of drug-likeness (QED) is 0.784. The van der Waals surface area contributed by atoms with Crippen LogP contribution in [0.2, 0.25) is 0 Å². The maximum atomic E-state index is 6.23. The molecule has 0 aromatic carbocycles. The van der Waals surface area contributed by atoms with Gasteiger partial charge in [0.15, 0.2) is 0 Å². The highest BCUT2D eigenvalue weighted by Gasteiger charge is 2.34. The molecule has 2 aliphatic carbocycles. The highest BCUT2D eigenvalue weighted by Crippen LogP contribution is 2.32. The van der Waals surface area contributed by atoms with Gasteiger partial charge in [0.2, 0.25) is 0 Å². The van der Waals surface area contributed by atoms with Gasteiger partial charge in [0.1, 0.15) is 0 Å². The molecule has 3 fully saturated rings. The standard InChI is InChI=1S/C17H33N3O2/c1-19(14-7-9-20(18)10-8-14)13-3-5-15(6-4-13)22-17-11-16(12-17)21-2/h13-17H,3-12,18H2,1-2H3. The minimum atomic E-state index is 0.445. The first kappa shape index (κ1) is 16.7. The van der Waals surface area contributed by atoms with Crippen molar-refractivity contribution in [3.05, 3.63) is 0 Å². The number of methoxy groups -OCH3 is 1. The van der Waals surface area contributed by atoms with E-state index in [2.05, 4.69) is 11.9 Å². The molecule has 0 aromatic heterocycles. The van der Waals surface area contributed by atoms with Gasteiger partial charge in [-0.3, -0.25) is 5.84 Å². The monoisotopic (exact) mass is 311 g/mol. The van der Waals surface area contributed by atoms with Crippen molar-refractivity contribution >= 4 is 0 Å². The zero-order chi connectivity index (χ0) is 15.5. The van der Waals surface area contributed by atoms with E-state index in [1.54, 1.807) is 7.11 Å². The fourth-order valence-electron chi connectivity index (χ4n) is 4.27. The molecule has 0 unspecified atom stereocenters. The van der Waals surface area contributed by atoms with Crippen molar-refractivity contribution in [3.8, 4) is 0 Å². The summed E-state index contributed by atoms with van der Waals surface area (Å²) in [6.45, 7) is 2.08. The second kappa shape index (κ2) is 7.58. The lowest BCUT2D eigenvalue weighted by atomic mass is 9.88. The number of piperidine rings is 1. The fourth-order valence-corrected chi connectivity index (χ4v) is 4.27. The van der Waals surface area contributed by atoms with Gasteiger partial charge in [-0.25, -0.2) is 5.01 Å². The lowest BCUT2D eigenvalue weighted by Crippen LogP contribution is -2.50. The molecule has 0 amide bonds. The zero-order valence-electron chi connectivity index (χ0n) is 14.2. The van der Waals surface area contributed by atoms with Crippen LogP contribution in [0.1, 0.15) is 51.4 Å². The molecule has 0 bridgehead atoms. The Labute approximate surface area is 135 Å². The zero-order valence-corrected chi connectivity index (χ0v) is 14.2. The number of nitrogens with zero attached hydrogens (tertiary/aromatic N) is 2. The van der Waals surface area contributed by atoms with Gasteiger partial charge in [0, 0.05) is 32.3 Å². The van der Waals surface area contributed by atoms with E-state index in [0.717, 1.165) is 38.0 Å². The van der Waals surface area contributed by atoms with Crippen molar-refractivity contribution in [2.75, 3.05) is 27.2 Å². The molecular formula is C17H33N3O2. The van der Waals surface area contributed by atoms with Gasteiger partial charge in [-0.2, -0.15) is 0 Å². The number of nitrogens with two attached hydrogens (primary N) is 1. The Morgan fingerprint density at radius 3 is 2.05 bits per heavy atom. The summed E-state index contributed by atoms with van der Waals surface area (Å²) in [5, 5.41) is 1.96. The molecule has 3 rings (SSSR count). The molecule has 0 radical (unpaired) electrons. The highest BCUT2D eigenvalue weighted by atomic mass is 16.5. The Bertz CT molecular complexity index is 333. The van der Waals surface area contributed by atoms with Crippen LogP contribution >= 0.6 is 0 Å². The first-order valence-corrected chi connectivity index (χ1v) is 9.05. The normalized spacial score (nSPS) is 38.2. The summed E-state index contributed by atoms with van der Waals surface area (Å²) in [4.78, 5) is 2.63. The number of hydrogen-bond donors (Lipinski definition) is 1. The SMILES string of the molecule is COC1CC(OC2CCC(N(C)C3CCN(N)CC3)CC2)C1. The number of rotatable bonds is 5. The van der Waals surface area contributed by atoms with Gasteiger partial charge in [0.05, 0.1) is 18.3 Å². The Morgan fingerprint density at radius 1 is 0.864 bits per heavy atom. The Morgan fingerprint density at radius 2 is 1.45 bits per heavy atom. The van der Waals surface area contributed by atoms with Gasteiger partial charge in [-0.1, -0.05) is 0 Å². The fraction of sp³-hybridized carbons (Fsp3) is 1.00. The molecule has 3 aliphatic rings. The predicted molar refractivity (Wildman–Crippen MR) is 87.5 cm³/mol. The summed E-state index contributed by atoms with van der Waals surface area (Å²) in [7, 11) is 4.12. The molecule has 1 aliphatic heterocycles. The van der Waals surface area contributed by atoms with E-state index < -0.39 is 0 Å². The van der Waals surface area contributed by atoms with Crippen molar-refractivity contribution in [3.63, 3.8) is 0 Å². The van der Waals surface area contributed by atoms with E-state index in [9.17, 15) is 0 Å². The van der Waals surface area contributed by atoms with Crippen LogP contribution in [0.3, 0.4) is 0 Å². The van der Waals surface area contributed by atoms with Crippen molar-refractivity contribution in [2.45, 2.75) is 81.8 Å². The summed E-state index contributed by atoms with van der Waals surface area (Å²) in [6.07, 6.45) is 11.0. The van der Waals surface area contributed by atoms with E-state index in [1.807, 2.05) is 5.01 Å². The van der Waals surface area contributed by atoms with Crippen molar-refractivity contribution < 1.29 is 9.47 Å². The van der Waals surface area contributed by atoms with E-state index in [4.69, 9.17) is 15.3 Å². The van der Waals surface area contributed by atoms with E-state index in [-0.39, 0.29) is 0 Å². The maximum absolute atomic E-state index is 6.23. The Kier molecular flexibility index (Phi) is 5.74. The number of hydrogen-bond acceptors (Lipinski definition) is 5. The van der Waals surface area contributed by atoms with Crippen LogP contribution in [-0.2, 0) is 9.47 Å². The minimum absolute atomic E-state index is 0.445. The molecular weight excluding hydrogens is 278 g/mol. The third kappa shape index (κ3) is 4.01. The van der Waals surface area contributed by atoms with Crippen LogP contribution in [0.5, 0.6) is 0 Å². The summed E-state index contributed by atoms with van der Waals surface area (Å²) >= 11 is 0. The van der Waals surface area contributed by atoms with Gasteiger partial charge in [0.25, 0.3) is 0 Å². The van der Waals surface area contributed by atoms with Gasteiger partial charge >= 0.3 is 0 Å². The average Bonchev–Trinajstić information content (AvgIpc) is 2.51. The minimum Gasteiger partial charge on any atom is -0.381 e. The van der Waals surface area contributed by atoms with Gasteiger partial charge in [-0.15, -0.1) is 0 Å². The van der Waals surface area contributed by atoms with Crippen LogP contribution in [0, 0.1) is 0 Å². The van der Waals surface area contributed by atoms with Crippen LogP contribution < -0.4 is 5.84 Å². The molecule has 5 heteroatoms. The first-order chi connectivity index (χ1) is 10.7. The molecule has 0 atom stereocenters. The number of ether oxygens (including phenoxy) is 2. The van der Waals surface area contributed by atoms with E-state index in [1.165, 1.54) is 38.5 Å². The smallest absolute Gasteiger partial charge is 0.0628 e. The molecule has 22 heavy (non-hydrogen) atoms. The van der Waals surface area contributed by atoms with Crippen LogP contribution in [0.4, 0.5) is 0 Å². The summed E-state index contributed by atoms with van der Waals surface area (Å²) < 4.78 is 11.6. The lowest BCUT2D eigenvalue weighted by molar-refractivity contribution is -0.126. The van der Waals surface area contributed by atoms with Crippen LogP contribution in [-0.4, -0.2) is 67.6 Å². The Hall–Kier alpha value is -0.200. The molecule has 2 N–H and O–H groups in total. The average molecular weight is 311 g/mol. The molecule has 2 saturated carbocycles. The second-order valence-corrected chi connectivity index (χ2v) is 7.45. The van der Waals surface area contributed by atoms with Crippen LogP contribution in [0.15, 0.2) is 0 Å². The summed E-state index contributed by atoms with van der Waals surface area (Å²) in [5.74, 6) is 5.87. The lowest BCUT2D eigenvalue weighted by Gasteiger charge is -2.43. The van der Waals surface area contributed by atoms with Gasteiger partial charge in [-0.05, 0) is 58.4 Å². The molecule has 0 aromatic rings. The largest absolute Gasteiger partial charge is 0.381 e. The van der Waals surface area contributed by atoms with Crippen molar-refractivity contribution in [1.29, 1.82) is 0 Å².